The molecule has 1 aromatic heterocycles. The molecule has 0 spiro atoms. The predicted octanol–water partition coefficient (Wildman–Crippen LogP) is 3.00. The molecule has 116 valence electrons. The topological polar surface area (TPSA) is 63.2 Å². The largest absolute Gasteiger partial charge is 0.495 e. The van der Waals surface area contributed by atoms with Gasteiger partial charge in [-0.15, -0.1) is 5.10 Å². The highest BCUT2D eigenvalue weighted by atomic mass is 16.5. The number of para-hydroxylation sites is 2. The summed E-state index contributed by atoms with van der Waals surface area (Å²) in [6.45, 7) is 2.00. The zero-order valence-corrected chi connectivity index (χ0v) is 12.8. The van der Waals surface area contributed by atoms with Gasteiger partial charge in [-0.3, -0.25) is 0 Å². The Hall–Kier alpha value is -2.37. The number of hydrogen-bond acceptors (Lipinski definition) is 6. The summed E-state index contributed by atoms with van der Waals surface area (Å²) in [7, 11) is 1.65. The predicted molar refractivity (Wildman–Crippen MR) is 86.8 cm³/mol. The van der Waals surface area contributed by atoms with Crippen LogP contribution in [0.3, 0.4) is 0 Å². The molecule has 1 N–H and O–H groups in total. The Morgan fingerprint density at radius 3 is 2.64 bits per heavy atom. The molecule has 2 heterocycles. The third-order valence-corrected chi connectivity index (χ3v) is 3.81. The first kappa shape index (κ1) is 14.6. The van der Waals surface area contributed by atoms with E-state index in [4.69, 9.17) is 4.74 Å². The van der Waals surface area contributed by atoms with Gasteiger partial charge in [-0.25, -0.2) is 0 Å². The molecule has 3 rings (SSSR count). The molecule has 1 aromatic carbocycles. The molecule has 6 heteroatoms. The molecule has 0 atom stereocenters. The van der Waals surface area contributed by atoms with Gasteiger partial charge in [-0.1, -0.05) is 25.0 Å². The molecule has 0 unspecified atom stereocenters. The van der Waals surface area contributed by atoms with Gasteiger partial charge in [0.25, 0.3) is 0 Å². The summed E-state index contributed by atoms with van der Waals surface area (Å²) in [6, 6.07) is 7.75. The van der Waals surface area contributed by atoms with Gasteiger partial charge in [0.05, 0.1) is 19.0 Å². The van der Waals surface area contributed by atoms with Crippen molar-refractivity contribution in [3.8, 4) is 5.75 Å². The summed E-state index contributed by atoms with van der Waals surface area (Å²) >= 11 is 0. The van der Waals surface area contributed by atoms with Crippen molar-refractivity contribution < 1.29 is 4.74 Å². The molecule has 0 aliphatic carbocycles. The summed E-state index contributed by atoms with van der Waals surface area (Å²) in [5.74, 6) is 2.15. The Morgan fingerprint density at radius 2 is 1.86 bits per heavy atom. The molecular formula is C16H21N5O. The lowest BCUT2D eigenvalue weighted by molar-refractivity contribution is 0.417. The van der Waals surface area contributed by atoms with Crippen LogP contribution in [0.5, 0.6) is 5.75 Å². The van der Waals surface area contributed by atoms with Crippen molar-refractivity contribution in [3.05, 3.63) is 30.5 Å². The lowest BCUT2D eigenvalue weighted by atomic mass is 10.2. The quantitative estimate of drug-likeness (QED) is 0.936. The minimum absolute atomic E-state index is 0.679. The number of hydrogen-bond donors (Lipinski definition) is 1. The molecule has 0 saturated carbocycles. The maximum Gasteiger partial charge on any atom is 0.247 e. The maximum absolute atomic E-state index is 5.34. The second-order valence-electron chi connectivity index (χ2n) is 5.37. The second kappa shape index (κ2) is 7.06. The Balaban J connectivity index is 1.78. The Kier molecular flexibility index (Phi) is 4.68. The highest BCUT2D eigenvalue weighted by Crippen LogP contribution is 2.26. The standard InChI is InChI=1S/C16H21N5O/c1-22-14-9-5-4-8-13(14)18-15-12-17-20-16(19-15)21-10-6-2-3-7-11-21/h4-5,8-9,12H,2-3,6-7,10-11H2,1H3,(H,18,19,20). The van der Waals surface area contributed by atoms with E-state index in [2.05, 4.69) is 25.4 Å². The molecule has 2 aromatic rings. The van der Waals surface area contributed by atoms with Gasteiger partial charge < -0.3 is 15.0 Å². The number of anilines is 3. The summed E-state index contributed by atoms with van der Waals surface area (Å²) in [6.07, 6.45) is 6.57. The molecule has 0 bridgehead atoms. The van der Waals surface area contributed by atoms with Crippen molar-refractivity contribution in [3.63, 3.8) is 0 Å². The average molecular weight is 299 g/mol. The van der Waals surface area contributed by atoms with Crippen molar-refractivity contribution in [1.29, 1.82) is 0 Å². The Bertz CT molecular complexity index is 611. The van der Waals surface area contributed by atoms with Gasteiger partial charge in [0.1, 0.15) is 5.75 Å². The van der Waals surface area contributed by atoms with Gasteiger partial charge in [0, 0.05) is 13.1 Å². The van der Waals surface area contributed by atoms with E-state index in [-0.39, 0.29) is 0 Å². The minimum atomic E-state index is 0.679. The van der Waals surface area contributed by atoms with Crippen LogP contribution in [0.2, 0.25) is 0 Å². The number of rotatable bonds is 4. The first-order chi connectivity index (χ1) is 10.9. The van der Waals surface area contributed by atoms with E-state index in [1.54, 1.807) is 13.3 Å². The number of benzene rings is 1. The maximum atomic E-state index is 5.34. The van der Waals surface area contributed by atoms with E-state index < -0.39 is 0 Å². The molecule has 1 aliphatic heterocycles. The third kappa shape index (κ3) is 3.44. The fourth-order valence-corrected chi connectivity index (χ4v) is 2.64. The molecule has 1 fully saturated rings. The van der Waals surface area contributed by atoms with E-state index in [1.807, 2.05) is 24.3 Å². The number of methoxy groups -OCH3 is 1. The van der Waals surface area contributed by atoms with Crippen LogP contribution in [0.4, 0.5) is 17.5 Å². The Morgan fingerprint density at radius 1 is 1.09 bits per heavy atom. The molecule has 1 aliphatic rings. The van der Waals surface area contributed by atoms with Gasteiger partial charge in [0.2, 0.25) is 5.95 Å². The molecule has 0 amide bonds. The highest BCUT2D eigenvalue weighted by Gasteiger charge is 2.13. The lowest BCUT2D eigenvalue weighted by Gasteiger charge is -2.20. The first-order valence-electron chi connectivity index (χ1n) is 7.71. The van der Waals surface area contributed by atoms with Crippen molar-refractivity contribution in [1.82, 2.24) is 15.2 Å². The zero-order valence-electron chi connectivity index (χ0n) is 12.8. The number of nitrogens with one attached hydrogen (secondary N) is 1. The summed E-state index contributed by atoms with van der Waals surface area (Å²) in [5, 5.41) is 11.5. The SMILES string of the molecule is COc1ccccc1Nc1cnnc(N2CCCCCC2)n1. The number of ether oxygens (including phenoxy) is 1. The summed E-state index contributed by atoms with van der Waals surface area (Å²) < 4.78 is 5.34. The molecule has 22 heavy (non-hydrogen) atoms. The normalized spacial score (nSPS) is 15.2. The van der Waals surface area contributed by atoms with Crippen LogP contribution in [0.25, 0.3) is 0 Å². The van der Waals surface area contributed by atoms with Gasteiger partial charge in [-0.05, 0) is 25.0 Å². The van der Waals surface area contributed by atoms with Crippen molar-refractivity contribution >= 4 is 17.5 Å². The van der Waals surface area contributed by atoms with Gasteiger partial charge in [-0.2, -0.15) is 10.1 Å². The first-order valence-corrected chi connectivity index (χ1v) is 7.71. The van der Waals surface area contributed by atoms with Crippen LogP contribution in [0.15, 0.2) is 30.5 Å². The monoisotopic (exact) mass is 299 g/mol. The van der Waals surface area contributed by atoms with Crippen LogP contribution >= 0.6 is 0 Å². The van der Waals surface area contributed by atoms with E-state index in [1.165, 1.54) is 25.7 Å². The summed E-state index contributed by atoms with van der Waals surface area (Å²) in [4.78, 5) is 6.81. The molecule has 0 radical (unpaired) electrons. The third-order valence-electron chi connectivity index (χ3n) is 3.81. The fourth-order valence-electron chi connectivity index (χ4n) is 2.64. The smallest absolute Gasteiger partial charge is 0.247 e. The lowest BCUT2D eigenvalue weighted by Crippen LogP contribution is -2.26. The van der Waals surface area contributed by atoms with E-state index in [0.29, 0.717) is 11.8 Å². The average Bonchev–Trinajstić information content (AvgIpc) is 2.85. The number of aromatic nitrogens is 3. The van der Waals surface area contributed by atoms with E-state index in [0.717, 1.165) is 24.5 Å². The van der Waals surface area contributed by atoms with Crippen molar-refractivity contribution in [2.45, 2.75) is 25.7 Å². The van der Waals surface area contributed by atoms with E-state index >= 15 is 0 Å². The van der Waals surface area contributed by atoms with Crippen molar-refractivity contribution in [2.24, 2.45) is 0 Å². The Labute approximate surface area is 130 Å². The molecule has 6 nitrogen and oxygen atoms in total. The molecule has 1 saturated heterocycles. The number of nitrogens with zero attached hydrogens (tertiary/aromatic N) is 4. The summed E-state index contributed by atoms with van der Waals surface area (Å²) in [5.41, 5.74) is 0.868. The zero-order chi connectivity index (χ0) is 15.2. The van der Waals surface area contributed by atoms with Crippen LogP contribution in [0.1, 0.15) is 25.7 Å². The van der Waals surface area contributed by atoms with Gasteiger partial charge >= 0.3 is 0 Å². The molecular weight excluding hydrogens is 278 g/mol. The second-order valence-corrected chi connectivity index (χ2v) is 5.37. The van der Waals surface area contributed by atoms with Crippen LogP contribution in [-0.2, 0) is 0 Å². The van der Waals surface area contributed by atoms with Crippen LogP contribution in [-0.4, -0.2) is 35.4 Å². The fraction of sp³-hybridized carbons (Fsp3) is 0.438. The highest BCUT2D eigenvalue weighted by molar-refractivity contribution is 5.63. The minimum Gasteiger partial charge on any atom is -0.495 e. The van der Waals surface area contributed by atoms with E-state index in [9.17, 15) is 0 Å². The van der Waals surface area contributed by atoms with Gasteiger partial charge in [0.15, 0.2) is 5.82 Å². The van der Waals surface area contributed by atoms with Crippen molar-refractivity contribution in [2.75, 3.05) is 30.4 Å². The van der Waals surface area contributed by atoms with Crippen LogP contribution < -0.4 is 15.0 Å². The van der Waals surface area contributed by atoms with Crippen LogP contribution in [0, 0.1) is 0 Å².